The fourth-order valence-electron chi connectivity index (χ4n) is 2.11. The van der Waals surface area contributed by atoms with E-state index in [0.717, 1.165) is 11.2 Å². The van der Waals surface area contributed by atoms with E-state index in [9.17, 15) is 9.50 Å². The summed E-state index contributed by atoms with van der Waals surface area (Å²) in [5, 5.41) is 10.3. The van der Waals surface area contributed by atoms with E-state index in [-0.39, 0.29) is 5.02 Å². The van der Waals surface area contributed by atoms with Crippen molar-refractivity contribution < 1.29 is 9.50 Å². The van der Waals surface area contributed by atoms with Gasteiger partial charge in [0.05, 0.1) is 10.7 Å². The lowest BCUT2D eigenvalue weighted by Crippen LogP contribution is -2.02. The second kappa shape index (κ2) is 5.23. The number of fused-ring (bicyclic) bond motifs is 1. The molecule has 1 N–H and O–H groups in total. The Morgan fingerprint density at radius 3 is 2.90 bits per heavy atom. The molecule has 0 spiro atoms. The Hall–Kier alpha value is -1.91. The first-order valence-corrected chi connectivity index (χ1v) is 6.57. The van der Waals surface area contributed by atoms with Crippen molar-refractivity contribution in [2.24, 2.45) is 0 Å². The molecule has 102 valence electrons. The molecule has 1 unspecified atom stereocenters. The summed E-state index contributed by atoms with van der Waals surface area (Å²) >= 11 is 5.73. The number of benzene rings is 1. The molecule has 0 amide bonds. The largest absolute Gasteiger partial charge is 0.386 e. The molecular formula is C15H12ClFN2O. The summed E-state index contributed by atoms with van der Waals surface area (Å²) in [6.45, 7) is 0. The molecule has 0 aliphatic heterocycles. The van der Waals surface area contributed by atoms with Crippen molar-refractivity contribution in [3.8, 4) is 0 Å². The SMILES string of the molecule is OC(Cc1ccc(F)c(Cl)c1)c1cn2ccccc2n1. The Morgan fingerprint density at radius 2 is 2.15 bits per heavy atom. The van der Waals surface area contributed by atoms with Crippen LogP contribution in [0.1, 0.15) is 17.4 Å². The number of nitrogens with zero attached hydrogens (tertiary/aromatic N) is 2. The highest BCUT2D eigenvalue weighted by molar-refractivity contribution is 6.30. The topological polar surface area (TPSA) is 37.5 Å². The normalized spacial score (nSPS) is 12.8. The number of halogens is 2. The predicted octanol–water partition coefficient (Wildman–Crippen LogP) is 3.40. The number of imidazole rings is 1. The van der Waals surface area contributed by atoms with Gasteiger partial charge in [0.2, 0.25) is 0 Å². The zero-order valence-electron chi connectivity index (χ0n) is 10.5. The van der Waals surface area contributed by atoms with E-state index in [1.807, 2.05) is 28.8 Å². The molecule has 20 heavy (non-hydrogen) atoms. The second-order valence-electron chi connectivity index (χ2n) is 4.60. The van der Waals surface area contributed by atoms with Crippen molar-refractivity contribution in [1.82, 2.24) is 9.38 Å². The van der Waals surface area contributed by atoms with Gasteiger partial charge in [-0.15, -0.1) is 0 Å². The molecule has 3 nitrogen and oxygen atoms in total. The first-order chi connectivity index (χ1) is 9.63. The molecule has 1 atom stereocenters. The Bertz CT molecular complexity index is 723. The van der Waals surface area contributed by atoms with Crippen molar-refractivity contribution in [1.29, 1.82) is 0 Å². The standard InChI is InChI=1S/C15H12ClFN2O/c16-11-7-10(4-5-12(11)17)8-14(20)13-9-19-6-2-1-3-15(19)18-13/h1-7,9,14,20H,8H2. The van der Waals surface area contributed by atoms with E-state index in [2.05, 4.69) is 4.98 Å². The van der Waals surface area contributed by atoms with E-state index in [4.69, 9.17) is 11.6 Å². The maximum Gasteiger partial charge on any atom is 0.141 e. The molecular weight excluding hydrogens is 279 g/mol. The van der Waals surface area contributed by atoms with E-state index in [0.29, 0.717) is 12.1 Å². The number of hydrogen-bond acceptors (Lipinski definition) is 2. The van der Waals surface area contributed by atoms with Gasteiger partial charge in [-0.05, 0) is 29.8 Å². The van der Waals surface area contributed by atoms with Gasteiger partial charge in [0.1, 0.15) is 17.6 Å². The van der Waals surface area contributed by atoms with Gasteiger partial charge in [0.15, 0.2) is 0 Å². The van der Waals surface area contributed by atoms with Gasteiger partial charge < -0.3 is 9.51 Å². The molecule has 0 aliphatic carbocycles. The third-order valence-corrected chi connectivity index (χ3v) is 3.43. The molecule has 2 heterocycles. The molecule has 0 saturated heterocycles. The van der Waals surface area contributed by atoms with Crippen LogP contribution in [0.15, 0.2) is 48.8 Å². The fourth-order valence-corrected chi connectivity index (χ4v) is 2.31. The van der Waals surface area contributed by atoms with Crippen molar-refractivity contribution in [2.75, 3.05) is 0 Å². The third kappa shape index (κ3) is 2.53. The molecule has 0 saturated carbocycles. The predicted molar refractivity (Wildman–Crippen MR) is 75.3 cm³/mol. The maximum atomic E-state index is 13.1. The van der Waals surface area contributed by atoms with E-state index >= 15 is 0 Å². The van der Waals surface area contributed by atoms with Gasteiger partial charge in [-0.1, -0.05) is 23.7 Å². The number of hydrogen-bond donors (Lipinski definition) is 1. The van der Waals surface area contributed by atoms with Gasteiger partial charge in [0, 0.05) is 18.8 Å². The highest BCUT2D eigenvalue weighted by atomic mass is 35.5. The van der Waals surface area contributed by atoms with Crippen LogP contribution in [0.25, 0.3) is 5.65 Å². The number of pyridine rings is 1. The maximum absolute atomic E-state index is 13.1. The number of aliphatic hydroxyl groups is 1. The van der Waals surface area contributed by atoms with Crippen molar-refractivity contribution in [2.45, 2.75) is 12.5 Å². The quantitative estimate of drug-likeness (QED) is 0.803. The van der Waals surface area contributed by atoms with Crippen LogP contribution in [0.4, 0.5) is 4.39 Å². The zero-order chi connectivity index (χ0) is 14.1. The average molecular weight is 291 g/mol. The summed E-state index contributed by atoms with van der Waals surface area (Å²) in [4.78, 5) is 4.35. The molecule has 3 aromatic rings. The van der Waals surface area contributed by atoms with Crippen molar-refractivity contribution >= 4 is 17.2 Å². The minimum absolute atomic E-state index is 0.0599. The fraction of sp³-hybridized carbons (Fsp3) is 0.133. The summed E-state index contributed by atoms with van der Waals surface area (Å²) in [5.41, 5.74) is 2.12. The Morgan fingerprint density at radius 1 is 1.30 bits per heavy atom. The smallest absolute Gasteiger partial charge is 0.141 e. The lowest BCUT2D eigenvalue weighted by molar-refractivity contribution is 0.174. The lowest BCUT2D eigenvalue weighted by Gasteiger charge is -2.08. The van der Waals surface area contributed by atoms with E-state index < -0.39 is 11.9 Å². The van der Waals surface area contributed by atoms with Crippen LogP contribution in [0.2, 0.25) is 5.02 Å². The second-order valence-corrected chi connectivity index (χ2v) is 5.01. The van der Waals surface area contributed by atoms with E-state index in [1.54, 1.807) is 12.3 Å². The number of rotatable bonds is 3. The summed E-state index contributed by atoms with van der Waals surface area (Å²) in [5.74, 6) is -0.461. The van der Waals surface area contributed by atoms with E-state index in [1.165, 1.54) is 12.1 Å². The monoisotopic (exact) mass is 290 g/mol. The number of aromatic nitrogens is 2. The molecule has 0 bridgehead atoms. The van der Waals surface area contributed by atoms with Crippen LogP contribution in [-0.4, -0.2) is 14.5 Å². The molecule has 0 fully saturated rings. The first kappa shape index (κ1) is 13.1. The number of aliphatic hydroxyl groups excluding tert-OH is 1. The van der Waals surface area contributed by atoms with Gasteiger partial charge in [-0.25, -0.2) is 9.37 Å². The van der Waals surface area contributed by atoms with Crippen LogP contribution in [0.3, 0.4) is 0 Å². The van der Waals surface area contributed by atoms with Crippen LogP contribution < -0.4 is 0 Å². The van der Waals surface area contributed by atoms with Crippen molar-refractivity contribution in [3.05, 3.63) is 70.9 Å². The summed E-state index contributed by atoms with van der Waals surface area (Å²) in [7, 11) is 0. The zero-order valence-corrected chi connectivity index (χ0v) is 11.3. The first-order valence-electron chi connectivity index (χ1n) is 6.19. The van der Waals surface area contributed by atoms with Gasteiger partial charge in [-0.2, -0.15) is 0 Å². The minimum Gasteiger partial charge on any atom is -0.386 e. The Balaban J connectivity index is 1.84. The average Bonchev–Trinajstić information content (AvgIpc) is 2.87. The Labute approximate surface area is 120 Å². The summed E-state index contributed by atoms with van der Waals surface area (Å²) in [6.07, 6.45) is 3.24. The highest BCUT2D eigenvalue weighted by Crippen LogP contribution is 2.22. The molecule has 3 rings (SSSR count). The lowest BCUT2D eigenvalue weighted by atomic mass is 10.1. The van der Waals surface area contributed by atoms with Crippen molar-refractivity contribution in [3.63, 3.8) is 0 Å². The molecule has 2 aromatic heterocycles. The molecule has 5 heteroatoms. The summed E-state index contributed by atoms with van der Waals surface area (Å²) < 4.78 is 14.9. The third-order valence-electron chi connectivity index (χ3n) is 3.14. The minimum atomic E-state index is -0.753. The van der Waals surface area contributed by atoms with Gasteiger partial charge in [-0.3, -0.25) is 0 Å². The Kier molecular flexibility index (Phi) is 3.42. The summed E-state index contributed by atoms with van der Waals surface area (Å²) in [6, 6.07) is 10.1. The molecule has 0 radical (unpaired) electrons. The van der Waals surface area contributed by atoms with Gasteiger partial charge >= 0.3 is 0 Å². The van der Waals surface area contributed by atoms with Crippen LogP contribution in [-0.2, 0) is 6.42 Å². The molecule has 1 aromatic carbocycles. The highest BCUT2D eigenvalue weighted by Gasteiger charge is 2.13. The molecule has 0 aliphatic rings. The van der Waals surface area contributed by atoms with Crippen LogP contribution >= 0.6 is 11.6 Å². The van der Waals surface area contributed by atoms with Crippen LogP contribution in [0, 0.1) is 5.82 Å². The van der Waals surface area contributed by atoms with Crippen LogP contribution in [0.5, 0.6) is 0 Å². The van der Waals surface area contributed by atoms with Gasteiger partial charge in [0.25, 0.3) is 0 Å².